The van der Waals surface area contributed by atoms with Crippen molar-refractivity contribution >= 4 is 34.5 Å². The van der Waals surface area contributed by atoms with E-state index in [1.807, 2.05) is 106 Å². The molecule has 1 aliphatic heterocycles. The third kappa shape index (κ3) is 4.15. The van der Waals surface area contributed by atoms with Crippen molar-refractivity contribution in [2.75, 3.05) is 42.9 Å². The van der Waals surface area contributed by atoms with E-state index in [9.17, 15) is 14.7 Å². The zero-order chi connectivity index (χ0) is 24.6. The van der Waals surface area contributed by atoms with Crippen LogP contribution in [0.5, 0.6) is 0 Å². The molecule has 174 valence electrons. The first-order chi connectivity index (χ1) is 16.2. The van der Waals surface area contributed by atoms with Crippen molar-refractivity contribution in [1.82, 2.24) is 0 Å². The average molecular weight is 456 g/mol. The molecule has 3 aromatic rings. The van der Waals surface area contributed by atoms with Crippen LogP contribution in [-0.2, 0) is 9.59 Å². The van der Waals surface area contributed by atoms with Crippen LogP contribution in [-0.4, -0.2) is 45.0 Å². The number of anilines is 3. The van der Waals surface area contributed by atoms with Gasteiger partial charge in [-0.15, -0.1) is 0 Å². The third-order valence-electron chi connectivity index (χ3n) is 6.14. The molecule has 34 heavy (non-hydrogen) atoms. The van der Waals surface area contributed by atoms with Crippen LogP contribution >= 0.6 is 0 Å². The van der Waals surface area contributed by atoms with Crippen LogP contribution in [0, 0.1) is 6.92 Å². The molecule has 1 unspecified atom stereocenters. The highest BCUT2D eigenvalue weighted by molar-refractivity contribution is 6.51. The van der Waals surface area contributed by atoms with Gasteiger partial charge in [0.25, 0.3) is 11.7 Å². The number of amides is 1. The summed E-state index contributed by atoms with van der Waals surface area (Å²) in [5.74, 6) is -1.53. The molecular weight excluding hydrogens is 426 g/mol. The largest absolute Gasteiger partial charge is 0.507 e. The van der Waals surface area contributed by atoms with Gasteiger partial charge in [0, 0.05) is 50.8 Å². The molecular formula is C28H29N3O3. The van der Waals surface area contributed by atoms with Crippen LogP contribution in [0.25, 0.3) is 5.76 Å². The third-order valence-corrected chi connectivity index (χ3v) is 6.14. The lowest BCUT2D eigenvalue weighted by Crippen LogP contribution is -2.29. The van der Waals surface area contributed by atoms with Crippen molar-refractivity contribution in [2.45, 2.75) is 13.0 Å². The molecule has 0 aromatic heterocycles. The fourth-order valence-electron chi connectivity index (χ4n) is 4.15. The van der Waals surface area contributed by atoms with Crippen molar-refractivity contribution in [1.29, 1.82) is 0 Å². The summed E-state index contributed by atoms with van der Waals surface area (Å²) in [5.41, 5.74) is 4.94. The van der Waals surface area contributed by atoms with Crippen molar-refractivity contribution in [3.8, 4) is 0 Å². The van der Waals surface area contributed by atoms with Gasteiger partial charge in [-0.2, -0.15) is 0 Å². The summed E-state index contributed by atoms with van der Waals surface area (Å²) in [6, 6.07) is 21.6. The van der Waals surface area contributed by atoms with Gasteiger partial charge in [-0.05, 0) is 48.9 Å². The predicted molar refractivity (Wildman–Crippen MR) is 137 cm³/mol. The summed E-state index contributed by atoms with van der Waals surface area (Å²) in [7, 11) is 7.78. The smallest absolute Gasteiger partial charge is 0.300 e. The van der Waals surface area contributed by atoms with Crippen LogP contribution in [0.1, 0.15) is 22.7 Å². The lowest BCUT2D eigenvalue weighted by atomic mass is 9.94. The molecule has 6 nitrogen and oxygen atoms in total. The molecule has 1 amide bonds. The van der Waals surface area contributed by atoms with Crippen molar-refractivity contribution in [3.05, 3.63) is 95.1 Å². The minimum Gasteiger partial charge on any atom is -0.507 e. The molecule has 4 rings (SSSR count). The Kier molecular flexibility index (Phi) is 6.16. The number of ketones is 1. The maximum atomic E-state index is 13.3. The lowest BCUT2D eigenvalue weighted by Gasteiger charge is -2.26. The average Bonchev–Trinajstić information content (AvgIpc) is 3.09. The molecule has 0 aliphatic carbocycles. The Bertz CT molecular complexity index is 1240. The van der Waals surface area contributed by atoms with E-state index in [4.69, 9.17) is 0 Å². The molecule has 1 aliphatic rings. The van der Waals surface area contributed by atoms with Gasteiger partial charge in [0.2, 0.25) is 0 Å². The van der Waals surface area contributed by atoms with E-state index in [2.05, 4.69) is 0 Å². The molecule has 1 saturated heterocycles. The first-order valence-electron chi connectivity index (χ1n) is 11.1. The standard InChI is InChI=1S/C28H29N3O3/c1-18-6-8-20(9-7-18)26(32)24-25(19-10-12-21(13-11-19)29(2)3)31(28(34)27(24)33)23-16-14-22(15-17-23)30(4)5/h6-17,25,32H,1-5H3/b26-24-. The fourth-order valence-corrected chi connectivity index (χ4v) is 4.15. The summed E-state index contributed by atoms with van der Waals surface area (Å²) in [4.78, 5) is 32.0. The van der Waals surface area contributed by atoms with E-state index in [0.717, 1.165) is 22.5 Å². The maximum absolute atomic E-state index is 13.3. The second-order valence-electron chi connectivity index (χ2n) is 8.93. The van der Waals surface area contributed by atoms with Crippen LogP contribution in [0.2, 0.25) is 0 Å². The van der Waals surface area contributed by atoms with Gasteiger partial charge >= 0.3 is 0 Å². The van der Waals surface area contributed by atoms with E-state index in [1.54, 1.807) is 12.1 Å². The van der Waals surface area contributed by atoms with E-state index in [0.29, 0.717) is 11.3 Å². The number of aryl methyl sites for hydroxylation is 1. The number of carbonyl (C=O) groups is 2. The number of nitrogens with zero attached hydrogens (tertiary/aromatic N) is 3. The summed E-state index contributed by atoms with van der Waals surface area (Å²) in [5, 5.41) is 11.2. The molecule has 0 spiro atoms. The number of aliphatic hydroxyl groups excluding tert-OH is 1. The van der Waals surface area contributed by atoms with Crippen molar-refractivity contribution in [2.24, 2.45) is 0 Å². The molecule has 1 fully saturated rings. The van der Waals surface area contributed by atoms with Gasteiger partial charge in [0.05, 0.1) is 11.6 Å². The molecule has 1 heterocycles. The van der Waals surface area contributed by atoms with E-state index < -0.39 is 17.7 Å². The Hall–Kier alpha value is -4.06. The van der Waals surface area contributed by atoms with E-state index >= 15 is 0 Å². The monoisotopic (exact) mass is 455 g/mol. The molecule has 1 atom stereocenters. The van der Waals surface area contributed by atoms with E-state index in [1.165, 1.54) is 4.90 Å². The minimum absolute atomic E-state index is 0.0862. The zero-order valence-corrected chi connectivity index (χ0v) is 20.1. The van der Waals surface area contributed by atoms with Crippen LogP contribution < -0.4 is 14.7 Å². The highest BCUT2D eigenvalue weighted by Gasteiger charge is 2.47. The van der Waals surface area contributed by atoms with E-state index in [-0.39, 0.29) is 11.3 Å². The first kappa shape index (κ1) is 23.1. The van der Waals surface area contributed by atoms with Gasteiger partial charge in [0.1, 0.15) is 5.76 Å². The second kappa shape index (κ2) is 9.06. The molecule has 0 radical (unpaired) electrons. The summed E-state index contributed by atoms with van der Waals surface area (Å²) in [6.45, 7) is 1.95. The highest BCUT2D eigenvalue weighted by Crippen LogP contribution is 2.42. The Morgan fingerprint density at radius 2 is 1.26 bits per heavy atom. The van der Waals surface area contributed by atoms with Gasteiger partial charge in [-0.25, -0.2) is 0 Å². The summed E-state index contributed by atoms with van der Waals surface area (Å²) >= 11 is 0. The molecule has 6 heteroatoms. The lowest BCUT2D eigenvalue weighted by molar-refractivity contribution is -0.132. The quantitative estimate of drug-likeness (QED) is 0.342. The highest BCUT2D eigenvalue weighted by atomic mass is 16.3. The number of benzene rings is 3. The Morgan fingerprint density at radius 1 is 0.765 bits per heavy atom. The number of hydrogen-bond donors (Lipinski definition) is 1. The summed E-state index contributed by atoms with van der Waals surface area (Å²) in [6.07, 6.45) is 0. The van der Waals surface area contributed by atoms with Gasteiger partial charge in [-0.3, -0.25) is 14.5 Å². The number of aliphatic hydroxyl groups is 1. The molecule has 3 aromatic carbocycles. The minimum atomic E-state index is -0.747. The normalized spacial score (nSPS) is 17.2. The fraction of sp³-hybridized carbons (Fsp3) is 0.214. The van der Waals surface area contributed by atoms with Crippen LogP contribution in [0.15, 0.2) is 78.4 Å². The van der Waals surface area contributed by atoms with Crippen LogP contribution in [0.3, 0.4) is 0 Å². The predicted octanol–water partition coefficient (Wildman–Crippen LogP) is 4.75. The Labute approximate surface area is 200 Å². The number of rotatable bonds is 5. The maximum Gasteiger partial charge on any atom is 0.300 e. The van der Waals surface area contributed by atoms with Crippen molar-refractivity contribution < 1.29 is 14.7 Å². The van der Waals surface area contributed by atoms with Crippen LogP contribution in [0.4, 0.5) is 17.1 Å². The SMILES string of the molecule is Cc1ccc(/C(O)=C2/C(=O)C(=O)N(c3ccc(N(C)C)cc3)C2c2ccc(N(C)C)cc2)cc1. The zero-order valence-electron chi connectivity index (χ0n) is 20.1. The first-order valence-corrected chi connectivity index (χ1v) is 11.1. The second-order valence-corrected chi connectivity index (χ2v) is 8.93. The van der Waals surface area contributed by atoms with Gasteiger partial charge in [0.15, 0.2) is 0 Å². The van der Waals surface area contributed by atoms with Crippen molar-refractivity contribution in [3.63, 3.8) is 0 Å². The number of hydrogen-bond acceptors (Lipinski definition) is 5. The molecule has 0 saturated carbocycles. The summed E-state index contributed by atoms with van der Waals surface area (Å²) < 4.78 is 0. The van der Waals surface area contributed by atoms with Gasteiger partial charge < -0.3 is 14.9 Å². The van der Waals surface area contributed by atoms with Gasteiger partial charge in [-0.1, -0.05) is 42.0 Å². The molecule has 0 bridgehead atoms. The topological polar surface area (TPSA) is 64.1 Å². The Morgan fingerprint density at radius 3 is 1.76 bits per heavy atom. The number of Topliss-reactive ketones (excluding diaryl/α,β-unsaturated/α-hetero) is 1. The Balaban J connectivity index is 1.89. The number of carbonyl (C=O) groups excluding carboxylic acids is 2. The molecule has 1 N–H and O–H groups in total.